The maximum absolute atomic E-state index is 13.3. The minimum atomic E-state index is -0.440. The zero-order chi connectivity index (χ0) is 10.3. The Morgan fingerprint density at radius 1 is 1.50 bits per heavy atom. The second-order valence-electron chi connectivity index (χ2n) is 2.78. The van der Waals surface area contributed by atoms with E-state index in [-0.39, 0.29) is 16.2 Å². The molecular formula is C9H4BrClFNO. The molecule has 0 unspecified atom stereocenters. The molecule has 1 aromatic carbocycles. The summed E-state index contributed by atoms with van der Waals surface area (Å²) in [5, 5.41) is 0.642. The van der Waals surface area contributed by atoms with Crippen molar-refractivity contribution in [1.29, 1.82) is 0 Å². The highest BCUT2D eigenvalue weighted by Crippen LogP contribution is 2.29. The molecule has 0 aliphatic heterocycles. The number of carbonyl (C=O) groups excluding carboxylic acids is 1. The summed E-state index contributed by atoms with van der Waals surface area (Å²) in [7, 11) is 0. The fourth-order valence-electron chi connectivity index (χ4n) is 1.32. The predicted octanol–water partition coefficient (Wildman–Crippen LogP) is 3.54. The van der Waals surface area contributed by atoms with Crippen molar-refractivity contribution in [3.8, 4) is 0 Å². The summed E-state index contributed by atoms with van der Waals surface area (Å²) in [6.07, 6.45) is 0.604. The van der Waals surface area contributed by atoms with Crippen LogP contribution in [0, 0.1) is 5.82 Å². The lowest BCUT2D eigenvalue weighted by molar-refractivity contribution is 0.112. The van der Waals surface area contributed by atoms with Crippen molar-refractivity contribution in [1.82, 2.24) is 4.98 Å². The number of fused-ring (bicyclic) bond motifs is 1. The molecule has 1 heterocycles. The van der Waals surface area contributed by atoms with Gasteiger partial charge in [0.05, 0.1) is 11.1 Å². The lowest BCUT2D eigenvalue weighted by Gasteiger charge is -1.94. The van der Waals surface area contributed by atoms with Gasteiger partial charge in [0.25, 0.3) is 0 Å². The normalized spacial score (nSPS) is 10.8. The van der Waals surface area contributed by atoms with E-state index in [1.165, 1.54) is 6.07 Å². The van der Waals surface area contributed by atoms with Crippen LogP contribution in [-0.2, 0) is 0 Å². The van der Waals surface area contributed by atoms with E-state index in [9.17, 15) is 9.18 Å². The Balaban J connectivity index is 2.94. The molecule has 0 amide bonds. The summed E-state index contributed by atoms with van der Waals surface area (Å²) in [6, 6.07) is 2.95. The number of aromatic nitrogens is 1. The van der Waals surface area contributed by atoms with E-state index < -0.39 is 5.82 Å². The molecule has 1 N–H and O–H groups in total. The summed E-state index contributed by atoms with van der Waals surface area (Å²) in [5.41, 5.74) is 0.530. The molecule has 2 aromatic rings. The first-order chi connectivity index (χ1) is 6.63. The van der Waals surface area contributed by atoms with E-state index in [1.54, 1.807) is 6.07 Å². The highest BCUT2D eigenvalue weighted by atomic mass is 79.9. The second-order valence-corrected chi connectivity index (χ2v) is 4.07. The van der Waals surface area contributed by atoms with E-state index in [0.29, 0.717) is 16.1 Å². The second kappa shape index (κ2) is 3.37. The lowest BCUT2D eigenvalue weighted by atomic mass is 10.2. The molecule has 0 saturated heterocycles. The van der Waals surface area contributed by atoms with E-state index in [2.05, 4.69) is 20.9 Å². The molecule has 1 aromatic heterocycles. The van der Waals surface area contributed by atoms with Gasteiger partial charge in [0, 0.05) is 9.86 Å². The van der Waals surface area contributed by atoms with Crippen molar-refractivity contribution in [2.75, 3.05) is 0 Å². The van der Waals surface area contributed by atoms with E-state index in [1.807, 2.05) is 0 Å². The number of rotatable bonds is 1. The minimum absolute atomic E-state index is 0.159. The van der Waals surface area contributed by atoms with Gasteiger partial charge in [-0.25, -0.2) is 4.39 Å². The Labute approximate surface area is 92.2 Å². The number of hydrogen-bond acceptors (Lipinski definition) is 1. The highest BCUT2D eigenvalue weighted by Gasteiger charge is 2.12. The van der Waals surface area contributed by atoms with Gasteiger partial charge in [0.15, 0.2) is 6.29 Å². The molecule has 0 bridgehead atoms. The predicted molar refractivity (Wildman–Crippen MR) is 56.4 cm³/mol. The number of aldehydes is 1. The van der Waals surface area contributed by atoms with Gasteiger partial charge in [0.1, 0.15) is 11.0 Å². The van der Waals surface area contributed by atoms with Gasteiger partial charge in [0.2, 0.25) is 0 Å². The summed E-state index contributed by atoms with van der Waals surface area (Å²) < 4.78 is 13.9. The maximum Gasteiger partial charge on any atom is 0.153 e. The number of hydrogen-bond donors (Lipinski definition) is 1. The van der Waals surface area contributed by atoms with E-state index in [0.717, 1.165) is 0 Å². The molecule has 0 aliphatic rings. The van der Waals surface area contributed by atoms with Gasteiger partial charge in [-0.1, -0.05) is 27.5 Å². The number of H-pyrrole nitrogens is 1. The van der Waals surface area contributed by atoms with Crippen LogP contribution < -0.4 is 0 Å². The molecule has 0 atom stereocenters. The third-order valence-corrected chi connectivity index (χ3v) is 2.69. The summed E-state index contributed by atoms with van der Waals surface area (Å²) in [6.45, 7) is 0. The Hall–Kier alpha value is -0.870. The van der Waals surface area contributed by atoms with E-state index >= 15 is 0 Å². The van der Waals surface area contributed by atoms with Crippen LogP contribution in [0.4, 0.5) is 4.39 Å². The lowest BCUT2D eigenvalue weighted by Crippen LogP contribution is -1.79. The Kier molecular flexibility index (Phi) is 2.33. The first-order valence-corrected chi connectivity index (χ1v) is 4.92. The van der Waals surface area contributed by atoms with Crippen molar-refractivity contribution >= 4 is 44.7 Å². The minimum Gasteiger partial charge on any atom is -0.343 e. The first kappa shape index (κ1) is 9.68. The first-order valence-electron chi connectivity index (χ1n) is 3.75. The van der Waals surface area contributed by atoms with Crippen molar-refractivity contribution in [2.45, 2.75) is 0 Å². The van der Waals surface area contributed by atoms with Crippen LogP contribution in [-0.4, -0.2) is 11.3 Å². The molecule has 2 rings (SSSR count). The molecule has 0 spiro atoms. The molecule has 72 valence electrons. The molecule has 0 fully saturated rings. The molecule has 5 heteroatoms. The monoisotopic (exact) mass is 275 g/mol. The van der Waals surface area contributed by atoms with Gasteiger partial charge in [-0.3, -0.25) is 4.79 Å². The molecular weight excluding hydrogens is 272 g/mol. The maximum atomic E-state index is 13.3. The number of benzene rings is 1. The average molecular weight is 276 g/mol. The quantitative estimate of drug-likeness (QED) is 0.794. The molecule has 0 radical (unpaired) electrons. The van der Waals surface area contributed by atoms with Crippen LogP contribution in [0.5, 0.6) is 0 Å². The van der Waals surface area contributed by atoms with Crippen LogP contribution in [0.2, 0.25) is 5.15 Å². The Morgan fingerprint density at radius 2 is 2.21 bits per heavy atom. The zero-order valence-corrected chi connectivity index (χ0v) is 9.12. The van der Waals surface area contributed by atoms with Crippen LogP contribution >= 0.6 is 27.5 Å². The third-order valence-electron chi connectivity index (χ3n) is 1.93. The highest BCUT2D eigenvalue weighted by molar-refractivity contribution is 9.10. The smallest absolute Gasteiger partial charge is 0.153 e. The van der Waals surface area contributed by atoms with Crippen molar-refractivity contribution < 1.29 is 9.18 Å². The molecule has 2 nitrogen and oxygen atoms in total. The van der Waals surface area contributed by atoms with Gasteiger partial charge in [-0.15, -0.1) is 0 Å². The number of carbonyl (C=O) groups is 1. The third kappa shape index (κ3) is 1.35. The van der Waals surface area contributed by atoms with Crippen molar-refractivity contribution in [3.63, 3.8) is 0 Å². The zero-order valence-electron chi connectivity index (χ0n) is 6.77. The van der Waals surface area contributed by atoms with Crippen LogP contribution in [0.25, 0.3) is 10.9 Å². The standard InChI is InChI=1S/C9H4BrClFNO/c10-4-1-5-6(3-14)9(11)13-8(5)7(12)2-4/h1-3,13H. The van der Waals surface area contributed by atoms with Gasteiger partial charge in [-0.2, -0.15) is 0 Å². The Bertz CT molecular complexity index is 523. The van der Waals surface area contributed by atoms with Crippen LogP contribution in [0.1, 0.15) is 10.4 Å². The average Bonchev–Trinajstić information content (AvgIpc) is 2.41. The number of nitrogens with one attached hydrogen (secondary N) is 1. The Morgan fingerprint density at radius 3 is 2.86 bits per heavy atom. The molecule has 14 heavy (non-hydrogen) atoms. The van der Waals surface area contributed by atoms with Crippen molar-refractivity contribution in [2.24, 2.45) is 0 Å². The number of aromatic amines is 1. The van der Waals surface area contributed by atoms with Crippen molar-refractivity contribution in [3.05, 3.63) is 33.1 Å². The van der Waals surface area contributed by atoms with Gasteiger partial charge < -0.3 is 4.98 Å². The molecule has 0 saturated carbocycles. The SMILES string of the molecule is O=Cc1c(Cl)[nH]c2c(F)cc(Br)cc12. The fraction of sp³-hybridized carbons (Fsp3) is 0. The van der Waals surface area contributed by atoms with Gasteiger partial charge in [-0.05, 0) is 12.1 Å². The van der Waals surface area contributed by atoms with Crippen LogP contribution in [0.15, 0.2) is 16.6 Å². The topological polar surface area (TPSA) is 32.9 Å². The largest absolute Gasteiger partial charge is 0.343 e. The summed E-state index contributed by atoms with van der Waals surface area (Å²) >= 11 is 8.87. The summed E-state index contributed by atoms with van der Waals surface area (Å²) in [5.74, 6) is -0.440. The summed E-state index contributed by atoms with van der Waals surface area (Å²) in [4.78, 5) is 13.3. The molecule has 0 aliphatic carbocycles. The van der Waals surface area contributed by atoms with Crippen LogP contribution in [0.3, 0.4) is 0 Å². The number of halogens is 3. The van der Waals surface area contributed by atoms with Gasteiger partial charge >= 0.3 is 0 Å². The fourth-order valence-corrected chi connectivity index (χ4v) is 1.99. The van der Waals surface area contributed by atoms with E-state index in [4.69, 9.17) is 11.6 Å².